The fraction of sp³-hybridized carbons (Fsp3) is 1.00. The highest BCUT2D eigenvalue weighted by molar-refractivity contribution is 6.18. The van der Waals surface area contributed by atoms with Crippen molar-refractivity contribution in [2.75, 3.05) is 5.88 Å². The molecule has 0 spiro atoms. The standard InChI is InChI=1S/C10H21Cl/c1-4-5-6-7-10(8-11)9(2)3/h9-10H,4-8H2,1-3H3. The molecule has 0 heterocycles. The Morgan fingerprint density at radius 2 is 1.82 bits per heavy atom. The lowest BCUT2D eigenvalue weighted by Crippen LogP contribution is -2.09. The molecule has 68 valence electrons. The van der Waals surface area contributed by atoms with Crippen molar-refractivity contribution in [3.63, 3.8) is 0 Å². The monoisotopic (exact) mass is 176 g/mol. The second kappa shape index (κ2) is 6.97. The Morgan fingerprint density at radius 3 is 2.18 bits per heavy atom. The van der Waals surface area contributed by atoms with Crippen LogP contribution in [0.25, 0.3) is 0 Å². The Morgan fingerprint density at radius 1 is 1.18 bits per heavy atom. The highest BCUT2D eigenvalue weighted by Gasteiger charge is 2.10. The van der Waals surface area contributed by atoms with Gasteiger partial charge in [0.1, 0.15) is 0 Å². The van der Waals surface area contributed by atoms with Gasteiger partial charge in [0.2, 0.25) is 0 Å². The van der Waals surface area contributed by atoms with Gasteiger partial charge in [-0.15, -0.1) is 11.6 Å². The third-order valence-electron chi connectivity index (χ3n) is 2.32. The first-order valence-electron chi connectivity index (χ1n) is 4.78. The molecule has 0 aromatic heterocycles. The van der Waals surface area contributed by atoms with Crippen LogP contribution >= 0.6 is 11.6 Å². The maximum absolute atomic E-state index is 5.84. The van der Waals surface area contributed by atoms with Gasteiger partial charge in [-0.3, -0.25) is 0 Å². The van der Waals surface area contributed by atoms with E-state index in [0.717, 1.165) is 17.7 Å². The van der Waals surface area contributed by atoms with Crippen molar-refractivity contribution in [1.82, 2.24) is 0 Å². The zero-order valence-corrected chi connectivity index (χ0v) is 8.82. The molecule has 0 aromatic carbocycles. The summed E-state index contributed by atoms with van der Waals surface area (Å²) in [6.07, 6.45) is 5.34. The van der Waals surface area contributed by atoms with E-state index >= 15 is 0 Å². The first kappa shape index (κ1) is 11.3. The zero-order chi connectivity index (χ0) is 8.69. The minimum Gasteiger partial charge on any atom is -0.126 e. The first-order valence-corrected chi connectivity index (χ1v) is 5.31. The summed E-state index contributed by atoms with van der Waals surface area (Å²) < 4.78 is 0. The number of rotatable bonds is 6. The van der Waals surface area contributed by atoms with Gasteiger partial charge in [0.25, 0.3) is 0 Å². The normalized spacial score (nSPS) is 13.9. The van der Waals surface area contributed by atoms with Crippen LogP contribution in [0.5, 0.6) is 0 Å². The predicted molar refractivity (Wildman–Crippen MR) is 53.2 cm³/mol. The predicted octanol–water partition coefficient (Wildman–Crippen LogP) is 4.08. The molecule has 0 fully saturated rings. The molecule has 0 saturated carbocycles. The molecule has 11 heavy (non-hydrogen) atoms. The summed E-state index contributed by atoms with van der Waals surface area (Å²) in [5, 5.41) is 0. The van der Waals surface area contributed by atoms with E-state index < -0.39 is 0 Å². The van der Waals surface area contributed by atoms with Crippen molar-refractivity contribution >= 4 is 11.6 Å². The Hall–Kier alpha value is 0.290. The SMILES string of the molecule is CCCCCC(CCl)C(C)C. The Kier molecular flexibility index (Phi) is 7.15. The minimum absolute atomic E-state index is 0.739. The number of hydrogen-bond donors (Lipinski definition) is 0. The number of halogens is 1. The number of unbranched alkanes of at least 4 members (excludes halogenated alkanes) is 2. The summed E-state index contributed by atoms with van der Waals surface area (Å²) in [5.41, 5.74) is 0. The molecule has 1 unspecified atom stereocenters. The third-order valence-corrected chi connectivity index (χ3v) is 2.72. The van der Waals surface area contributed by atoms with Crippen LogP contribution in [0.2, 0.25) is 0 Å². The van der Waals surface area contributed by atoms with Crippen LogP contribution in [0.3, 0.4) is 0 Å². The maximum Gasteiger partial charge on any atom is 0.0254 e. The van der Waals surface area contributed by atoms with Crippen molar-refractivity contribution in [1.29, 1.82) is 0 Å². The van der Waals surface area contributed by atoms with E-state index in [1.54, 1.807) is 0 Å². The Bertz CT molecular complexity index is 78.9. The van der Waals surface area contributed by atoms with Gasteiger partial charge in [-0.2, -0.15) is 0 Å². The van der Waals surface area contributed by atoms with Crippen molar-refractivity contribution in [2.24, 2.45) is 11.8 Å². The van der Waals surface area contributed by atoms with E-state index in [2.05, 4.69) is 20.8 Å². The fourth-order valence-corrected chi connectivity index (χ4v) is 1.76. The van der Waals surface area contributed by atoms with Gasteiger partial charge in [-0.05, 0) is 18.3 Å². The highest BCUT2D eigenvalue weighted by atomic mass is 35.5. The minimum atomic E-state index is 0.739. The Balaban J connectivity index is 3.36. The van der Waals surface area contributed by atoms with Gasteiger partial charge < -0.3 is 0 Å². The molecule has 0 aliphatic carbocycles. The molecule has 0 amide bonds. The molecule has 1 heteroatoms. The van der Waals surface area contributed by atoms with Gasteiger partial charge >= 0.3 is 0 Å². The lowest BCUT2D eigenvalue weighted by molar-refractivity contribution is 0.382. The molecule has 1 atom stereocenters. The van der Waals surface area contributed by atoms with E-state index in [1.807, 2.05) is 0 Å². The second-order valence-corrected chi connectivity index (χ2v) is 3.96. The molecule has 0 N–H and O–H groups in total. The summed E-state index contributed by atoms with van der Waals surface area (Å²) in [4.78, 5) is 0. The lowest BCUT2D eigenvalue weighted by atomic mass is 9.92. The second-order valence-electron chi connectivity index (χ2n) is 3.65. The fourth-order valence-electron chi connectivity index (χ4n) is 1.25. The summed E-state index contributed by atoms with van der Waals surface area (Å²) in [7, 11) is 0. The number of alkyl halides is 1. The van der Waals surface area contributed by atoms with Crippen LogP contribution < -0.4 is 0 Å². The van der Waals surface area contributed by atoms with Crippen LogP contribution in [0, 0.1) is 11.8 Å². The van der Waals surface area contributed by atoms with E-state index in [-0.39, 0.29) is 0 Å². The molecule has 0 radical (unpaired) electrons. The molecule has 0 aromatic rings. The van der Waals surface area contributed by atoms with Crippen molar-refractivity contribution in [3.8, 4) is 0 Å². The van der Waals surface area contributed by atoms with Gasteiger partial charge in [0.15, 0.2) is 0 Å². The molecular weight excluding hydrogens is 156 g/mol. The highest BCUT2D eigenvalue weighted by Crippen LogP contribution is 2.19. The maximum atomic E-state index is 5.84. The molecule has 0 rings (SSSR count). The average Bonchev–Trinajstić information content (AvgIpc) is 1.97. The summed E-state index contributed by atoms with van der Waals surface area (Å²) in [6, 6.07) is 0. The topological polar surface area (TPSA) is 0 Å². The van der Waals surface area contributed by atoms with Crippen LogP contribution in [0.1, 0.15) is 46.5 Å². The van der Waals surface area contributed by atoms with Crippen LogP contribution in [-0.4, -0.2) is 5.88 Å². The molecule has 0 bridgehead atoms. The summed E-state index contributed by atoms with van der Waals surface area (Å²) >= 11 is 5.84. The van der Waals surface area contributed by atoms with E-state index in [1.165, 1.54) is 25.7 Å². The first-order chi connectivity index (χ1) is 5.22. The summed E-state index contributed by atoms with van der Waals surface area (Å²) in [6.45, 7) is 6.77. The largest absolute Gasteiger partial charge is 0.126 e. The van der Waals surface area contributed by atoms with E-state index in [0.29, 0.717) is 0 Å². The molecule has 0 aliphatic rings. The van der Waals surface area contributed by atoms with Crippen molar-refractivity contribution < 1.29 is 0 Å². The third kappa shape index (κ3) is 5.55. The quantitative estimate of drug-likeness (QED) is 0.423. The number of hydrogen-bond acceptors (Lipinski definition) is 0. The van der Waals surface area contributed by atoms with Gasteiger partial charge in [-0.1, -0.05) is 40.0 Å². The van der Waals surface area contributed by atoms with Crippen LogP contribution in [0.15, 0.2) is 0 Å². The van der Waals surface area contributed by atoms with Gasteiger partial charge in [0, 0.05) is 5.88 Å². The van der Waals surface area contributed by atoms with Gasteiger partial charge in [-0.25, -0.2) is 0 Å². The summed E-state index contributed by atoms with van der Waals surface area (Å²) in [5.74, 6) is 2.33. The van der Waals surface area contributed by atoms with Crippen LogP contribution in [0.4, 0.5) is 0 Å². The average molecular weight is 177 g/mol. The van der Waals surface area contributed by atoms with E-state index in [9.17, 15) is 0 Å². The van der Waals surface area contributed by atoms with Gasteiger partial charge in [0.05, 0.1) is 0 Å². The Labute approximate surface area is 76.3 Å². The lowest BCUT2D eigenvalue weighted by Gasteiger charge is -2.17. The molecule has 0 aliphatic heterocycles. The molecular formula is C10H21Cl. The van der Waals surface area contributed by atoms with Crippen molar-refractivity contribution in [2.45, 2.75) is 46.5 Å². The smallest absolute Gasteiger partial charge is 0.0254 e. The molecule has 0 nitrogen and oxygen atoms in total. The van der Waals surface area contributed by atoms with Crippen molar-refractivity contribution in [3.05, 3.63) is 0 Å². The van der Waals surface area contributed by atoms with Crippen LogP contribution in [-0.2, 0) is 0 Å². The molecule has 0 saturated heterocycles. The zero-order valence-electron chi connectivity index (χ0n) is 8.07. The van der Waals surface area contributed by atoms with E-state index in [4.69, 9.17) is 11.6 Å².